The minimum absolute atomic E-state index is 0.210. The maximum atomic E-state index is 11.6. The van der Waals surface area contributed by atoms with Crippen molar-refractivity contribution >= 4 is 5.91 Å². The van der Waals surface area contributed by atoms with Crippen LogP contribution in [0, 0.1) is 5.92 Å². The minimum Gasteiger partial charge on any atom is -0.354 e. The molecule has 76 valence electrons. The van der Waals surface area contributed by atoms with Crippen molar-refractivity contribution in [1.29, 1.82) is 0 Å². The van der Waals surface area contributed by atoms with E-state index in [0.29, 0.717) is 6.04 Å². The van der Waals surface area contributed by atoms with Crippen molar-refractivity contribution in [1.82, 2.24) is 5.32 Å². The molecule has 0 atom stereocenters. The second kappa shape index (κ2) is 4.61. The van der Waals surface area contributed by atoms with Crippen LogP contribution in [0.2, 0.25) is 0 Å². The van der Waals surface area contributed by atoms with Gasteiger partial charge in [0.2, 0.25) is 5.91 Å². The Morgan fingerprint density at radius 1 is 1.31 bits per heavy atom. The first-order valence-electron chi connectivity index (χ1n) is 5.15. The SMILES string of the molecule is CC(C)NC(=O)[C@H]1CC[C@H](N)CC1. The molecule has 0 heterocycles. The first-order chi connectivity index (χ1) is 6.09. The van der Waals surface area contributed by atoms with Crippen molar-refractivity contribution in [2.24, 2.45) is 11.7 Å². The van der Waals surface area contributed by atoms with Gasteiger partial charge in [-0.25, -0.2) is 0 Å². The van der Waals surface area contributed by atoms with E-state index in [1.54, 1.807) is 0 Å². The number of hydrogen-bond acceptors (Lipinski definition) is 2. The molecule has 3 nitrogen and oxygen atoms in total. The van der Waals surface area contributed by atoms with Crippen LogP contribution < -0.4 is 11.1 Å². The molecule has 0 radical (unpaired) electrons. The fourth-order valence-corrected chi connectivity index (χ4v) is 1.78. The average Bonchev–Trinajstić information content (AvgIpc) is 2.04. The van der Waals surface area contributed by atoms with Gasteiger partial charge in [-0.05, 0) is 39.5 Å². The average molecular weight is 184 g/mol. The van der Waals surface area contributed by atoms with Gasteiger partial charge in [-0.15, -0.1) is 0 Å². The van der Waals surface area contributed by atoms with Crippen molar-refractivity contribution < 1.29 is 4.79 Å². The molecular weight excluding hydrogens is 164 g/mol. The standard InChI is InChI=1S/C10H20N2O/c1-7(2)12-10(13)8-3-5-9(11)6-4-8/h7-9H,3-6,11H2,1-2H3,(H,12,13)/t8-,9-. The molecule has 13 heavy (non-hydrogen) atoms. The molecule has 1 fully saturated rings. The molecule has 0 aliphatic heterocycles. The van der Waals surface area contributed by atoms with E-state index in [4.69, 9.17) is 5.73 Å². The van der Waals surface area contributed by atoms with Gasteiger partial charge in [0.1, 0.15) is 0 Å². The maximum absolute atomic E-state index is 11.6. The van der Waals surface area contributed by atoms with Crippen LogP contribution in [0.3, 0.4) is 0 Å². The van der Waals surface area contributed by atoms with Gasteiger partial charge in [0.05, 0.1) is 0 Å². The van der Waals surface area contributed by atoms with E-state index in [1.165, 1.54) is 0 Å². The molecule has 0 saturated heterocycles. The first kappa shape index (κ1) is 10.5. The fraction of sp³-hybridized carbons (Fsp3) is 0.900. The molecule has 1 aliphatic rings. The van der Waals surface area contributed by atoms with E-state index in [1.807, 2.05) is 13.8 Å². The second-order valence-corrected chi connectivity index (χ2v) is 4.27. The lowest BCUT2D eigenvalue weighted by Gasteiger charge is -2.25. The second-order valence-electron chi connectivity index (χ2n) is 4.27. The van der Waals surface area contributed by atoms with Gasteiger partial charge in [0.25, 0.3) is 0 Å². The normalized spacial score (nSPS) is 28.9. The van der Waals surface area contributed by atoms with Crippen molar-refractivity contribution in [3.63, 3.8) is 0 Å². The summed E-state index contributed by atoms with van der Waals surface area (Å²) < 4.78 is 0. The summed E-state index contributed by atoms with van der Waals surface area (Å²) >= 11 is 0. The summed E-state index contributed by atoms with van der Waals surface area (Å²) in [6, 6.07) is 0.575. The predicted octanol–water partition coefficient (Wildman–Crippen LogP) is 1.03. The Morgan fingerprint density at radius 2 is 1.85 bits per heavy atom. The predicted molar refractivity (Wildman–Crippen MR) is 53.2 cm³/mol. The summed E-state index contributed by atoms with van der Waals surface area (Å²) in [6.07, 6.45) is 3.91. The smallest absolute Gasteiger partial charge is 0.223 e. The van der Waals surface area contributed by atoms with Crippen molar-refractivity contribution in [2.45, 2.75) is 51.6 Å². The quantitative estimate of drug-likeness (QED) is 0.673. The number of hydrogen-bond donors (Lipinski definition) is 2. The molecule has 3 N–H and O–H groups in total. The summed E-state index contributed by atoms with van der Waals surface area (Å²) in [6.45, 7) is 3.99. The Hall–Kier alpha value is -0.570. The number of nitrogens with two attached hydrogens (primary N) is 1. The van der Waals surface area contributed by atoms with Crippen LogP contribution >= 0.6 is 0 Å². The number of carbonyl (C=O) groups excluding carboxylic acids is 1. The van der Waals surface area contributed by atoms with Gasteiger partial charge < -0.3 is 11.1 Å². The van der Waals surface area contributed by atoms with Crippen LogP contribution in [0.15, 0.2) is 0 Å². The largest absolute Gasteiger partial charge is 0.354 e. The maximum Gasteiger partial charge on any atom is 0.223 e. The van der Waals surface area contributed by atoms with E-state index in [9.17, 15) is 4.79 Å². The third-order valence-electron chi connectivity index (χ3n) is 2.57. The lowest BCUT2D eigenvalue weighted by Crippen LogP contribution is -2.39. The lowest BCUT2D eigenvalue weighted by molar-refractivity contribution is -0.126. The van der Waals surface area contributed by atoms with Crippen LogP contribution in [0.1, 0.15) is 39.5 Å². The molecule has 1 aliphatic carbocycles. The number of amides is 1. The van der Waals surface area contributed by atoms with Crippen LogP contribution in [-0.2, 0) is 4.79 Å². The highest BCUT2D eigenvalue weighted by atomic mass is 16.1. The molecule has 1 amide bonds. The molecule has 0 spiro atoms. The van der Waals surface area contributed by atoms with Crippen molar-refractivity contribution in [3.05, 3.63) is 0 Å². The van der Waals surface area contributed by atoms with E-state index >= 15 is 0 Å². The van der Waals surface area contributed by atoms with E-state index in [0.717, 1.165) is 25.7 Å². The van der Waals surface area contributed by atoms with E-state index in [2.05, 4.69) is 5.32 Å². The molecule has 0 unspecified atom stereocenters. The van der Waals surface area contributed by atoms with Crippen LogP contribution in [0.4, 0.5) is 0 Å². The Labute approximate surface area is 80.1 Å². The van der Waals surface area contributed by atoms with E-state index in [-0.39, 0.29) is 17.9 Å². The van der Waals surface area contributed by atoms with Gasteiger partial charge in [-0.3, -0.25) is 4.79 Å². The fourth-order valence-electron chi connectivity index (χ4n) is 1.78. The van der Waals surface area contributed by atoms with Gasteiger partial charge in [0, 0.05) is 18.0 Å². The zero-order chi connectivity index (χ0) is 9.84. The van der Waals surface area contributed by atoms with Gasteiger partial charge in [-0.1, -0.05) is 0 Å². The molecular formula is C10H20N2O. The summed E-state index contributed by atoms with van der Waals surface area (Å²) in [4.78, 5) is 11.6. The molecule has 1 saturated carbocycles. The highest BCUT2D eigenvalue weighted by Crippen LogP contribution is 2.23. The van der Waals surface area contributed by atoms with Crippen LogP contribution in [0.5, 0.6) is 0 Å². The Balaban J connectivity index is 2.31. The highest BCUT2D eigenvalue weighted by molar-refractivity contribution is 5.78. The summed E-state index contributed by atoms with van der Waals surface area (Å²) in [5, 5.41) is 2.95. The third kappa shape index (κ3) is 3.35. The lowest BCUT2D eigenvalue weighted by atomic mass is 9.86. The molecule has 0 bridgehead atoms. The molecule has 0 aromatic carbocycles. The first-order valence-corrected chi connectivity index (χ1v) is 5.15. The number of nitrogens with one attached hydrogen (secondary N) is 1. The Bertz CT molecular complexity index is 172. The van der Waals surface area contributed by atoms with Gasteiger partial charge in [0.15, 0.2) is 0 Å². The van der Waals surface area contributed by atoms with Crippen LogP contribution in [0.25, 0.3) is 0 Å². The number of carbonyl (C=O) groups is 1. The zero-order valence-corrected chi connectivity index (χ0v) is 8.55. The van der Waals surface area contributed by atoms with Gasteiger partial charge in [-0.2, -0.15) is 0 Å². The van der Waals surface area contributed by atoms with Gasteiger partial charge >= 0.3 is 0 Å². The van der Waals surface area contributed by atoms with Crippen molar-refractivity contribution in [3.8, 4) is 0 Å². The zero-order valence-electron chi connectivity index (χ0n) is 8.55. The van der Waals surface area contributed by atoms with Crippen molar-refractivity contribution in [2.75, 3.05) is 0 Å². The highest BCUT2D eigenvalue weighted by Gasteiger charge is 2.24. The monoisotopic (exact) mass is 184 g/mol. The Kier molecular flexibility index (Phi) is 3.72. The van der Waals surface area contributed by atoms with Crippen LogP contribution in [-0.4, -0.2) is 18.0 Å². The third-order valence-corrected chi connectivity index (χ3v) is 2.57. The topological polar surface area (TPSA) is 55.1 Å². The molecule has 1 rings (SSSR count). The summed E-state index contributed by atoms with van der Waals surface area (Å²) in [5.74, 6) is 0.420. The number of rotatable bonds is 2. The summed E-state index contributed by atoms with van der Waals surface area (Å²) in [7, 11) is 0. The molecule has 0 aromatic heterocycles. The summed E-state index contributed by atoms with van der Waals surface area (Å²) in [5.41, 5.74) is 5.77. The van der Waals surface area contributed by atoms with E-state index < -0.39 is 0 Å². The molecule has 3 heteroatoms. The molecule has 0 aromatic rings. The Morgan fingerprint density at radius 3 is 2.31 bits per heavy atom. The minimum atomic E-state index is 0.210.